The molecule has 3 N–H and O–H groups in total. The lowest BCUT2D eigenvalue weighted by molar-refractivity contribution is 0.275. The molecule has 0 radical (unpaired) electrons. The Morgan fingerprint density at radius 1 is 0.762 bits per heavy atom. The van der Waals surface area contributed by atoms with E-state index >= 15 is 0 Å². The van der Waals surface area contributed by atoms with E-state index < -0.39 is 16.1 Å². The van der Waals surface area contributed by atoms with Crippen LogP contribution >= 0.6 is 16.1 Å². The van der Waals surface area contributed by atoms with Gasteiger partial charge in [-0.2, -0.15) is 0 Å². The third kappa shape index (κ3) is 9.85. The molecule has 0 aliphatic rings. The third-order valence-corrected chi connectivity index (χ3v) is 2.69. The highest BCUT2D eigenvalue weighted by molar-refractivity contribution is 7.45. The molecular weight excluding hydrogens is 318 g/mol. The van der Waals surface area contributed by atoms with Crippen molar-refractivity contribution < 1.29 is 32.9 Å². The molecule has 0 unspecified atom stereocenters. The van der Waals surface area contributed by atoms with Gasteiger partial charge in [-0.1, -0.05) is 36.4 Å². The maximum absolute atomic E-state index is 11.5. The molecule has 2 rings (SSSR count). The van der Waals surface area contributed by atoms with Gasteiger partial charge in [-0.15, -0.1) is 0 Å². The van der Waals surface area contributed by atoms with E-state index in [9.17, 15) is 4.57 Å². The van der Waals surface area contributed by atoms with E-state index in [2.05, 4.69) is 0 Å². The van der Waals surface area contributed by atoms with Gasteiger partial charge in [-0.3, -0.25) is 0 Å². The second kappa shape index (κ2) is 8.62. The predicted molar refractivity (Wildman–Crippen MR) is 77.4 cm³/mol. The van der Waals surface area contributed by atoms with E-state index in [0.29, 0.717) is 11.5 Å². The van der Waals surface area contributed by atoms with Crippen LogP contribution < -0.4 is 9.05 Å². The third-order valence-electron chi connectivity index (χ3n) is 1.89. The monoisotopic (exact) mass is 332 g/mol. The van der Waals surface area contributed by atoms with Gasteiger partial charge < -0.3 is 23.7 Å². The molecule has 0 saturated heterocycles. The number of para-hydroxylation sites is 2. The molecule has 7 nitrogen and oxygen atoms in total. The molecule has 0 aliphatic heterocycles. The van der Waals surface area contributed by atoms with Crippen LogP contribution in [0.1, 0.15) is 0 Å². The Morgan fingerprint density at radius 2 is 1.05 bits per heavy atom. The summed E-state index contributed by atoms with van der Waals surface area (Å²) in [6.07, 6.45) is 0. The molecule has 0 aromatic heterocycles. The van der Waals surface area contributed by atoms with E-state index in [-0.39, 0.29) is 0 Å². The van der Waals surface area contributed by atoms with Gasteiger partial charge in [-0.05, 0) is 24.3 Å². The van der Waals surface area contributed by atoms with Crippen LogP contribution in [0.2, 0.25) is 0 Å². The van der Waals surface area contributed by atoms with Gasteiger partial charge in [0, 0.05) is 0 Å². The van der Waals surface area contributed by atoms with Crippen LogP contribution in [0, 0.1) is 0 Å². The van der Waals surface area contributed by atoms with Gasteiger partial charge in [0.05, 0.1) is 0 Å². The molecule has 0 aliphatic carbocycles. The first-order valence-electron chi connectivity index (χ1n) is 5.62. The van der Waals surface area contributed by atoms with Crippen LogP contribution in [-0.4, -0.2) is 14.7 Å². The molecule has 0 atom stereocenters. The largest absolute Gasteiger partial charge is 0.466 e. The summed E-state index contributed by atoms with van der Waals surface area (Å²) in [6.45, 7) is 0. The Morgan fingerprint density at radius 3 is 1.33 bits per heavy atom. The molecule has 0 saturated carbocycles. The summed E-state index contributed by atoms with van der Waals surface area (Å²) in [6, 6.07) is 17.9. The quantitative estimate of drug-likeness (QED) is 0.737. The average Bonchev–Trinajstić information content (AvgIpc) is 2.39. The zero-order valence-corrected chi connectivity index (χ0v) is 12.6. The first kappa shape index (κ1) is 17.4. The molecule has 0 bridgehead atoms. The lowest BCUT2D eigenvalue weighted by atomic mass is 10.3. The number of phosphoric acid groups is 1. The summed E-state index contributed by atoms with van der Waals surface area (Å²) < 4.78 is 30.7. The fourth-order valence-electron chi connectivity index (χ4n) is 1.19. The van der Waals surface area contributed by atoms with Gasteiger partial charge in [0.2, 0.25) is 0 Å². The van der Waals surface area contributed by atoms with Crippen LogP contribution in [0.3, 0.4) is 0 Å². The Hall–Kier alpha value is -1.62. The molecule has 2 aromatic carbocycles. The first-order valence-corrected chi connectivity index (χ1v) is 8.41. The van der Waals surface area contributed by atoms with E-state index in [0.717, 1.165) is 0 Å². The predicted octanol–water partition coefficient (Wildman–Crippen LogP) is 2.61. The maximum Gasteiger partial charge on any atom is 0.466 e. The molecule has 0 amide bonds. The zero-order chi connectivity index (χ0) is 15.7. The number of benzene rings is 2. The van der Waals surface area contributed by atoms with E-state index in [1.165, 1.54) is 0 Å². The topological polar surface area (TPSA) is 113 Å². The van der Waals surface area contributed by atoms with Crippen molar-refractivity contribution in [3.05, 3.63) is 60.7 Å². The van der Waals surface area contributed by atoms with Crippen LogP contribution in [0.25, 0.3) is 0 Å². The Kier molecular flexibility index (Phi) is 7.15. The van der Waals surface area contributed by atoms with Gasteiger partial charge >= 0.3 is 16.1 Å². The summed E-state index contributed by atoms with van der Waals surface area (Å²) in [4.78, 5) is 21.6. The summed E-state index contributed by atoms with van der Waals surface area (Å²) in [5.41, 5.74) is 0. The highest BCUT2D eigenvalue weighted by atomic mass is 31.2. The van der Waals surface area contributed by atoms with Crippen molar-refractivity contribution in [2.24, 2.45) is 0 Å². The summed E-state index contributed by atoms with van der Waals surface area (Å²) >= 11 is 0. The highest BCUT2D eigenvalue weighted by Crippen LogP contribution is 2.29. The minimum Gasteiger partial charge on any atom is -0.418 e. The summed E-state index contributed by atoms with van der Waals surface area (Å²) in [7, 11) is -7.18. The Bertz CT molecular complexity index is 546. The molecule has 21 heavy (non-hydrogen) atoms. The van der Waals surface area contributed by atoms with Crippen molar-refractivity contribution >= 4 is 16.1 Å². The SMILES string of the molecule is O=P(O)(O)O.O=[PH](Oc1ccccc1)Oc1ccccc1. The van der Waals surface area contributed by atoms with Crippen molar-refractivity contribution in [2.75, 3.05) is 0 Å². The Balaban J connectivity index is 0.000000383. The van der Waals surface area contributed by atoms with Crippen LogP contribution in [0.4, 0.5) is 0 Å². The molecule has 9 heteroatoms. The van der Waals surface area contributed by atoms with Gasteiger partial charge in [0.15, 0.2) is 0 Å². The standard InChI is InChI=1S/C12H11O3P.H3O4P/c13-16(14-11-7-3-1-4-8-11)15-12-9-5-2-6-10-12;1-5(2,3)4/h1-10,16H;(H3,1,2,3,4). The molecule has 0 heterocycles. The smallest absolute Gasteiger partial charge is 0.418 e. The van der Waals surface area contributed by atoms with Crippen molar-refractivity contribution in [1.29, 1.82) is 0 Å². The summed E-state index contributed by atoms with van der Waals surface area (Å²) in [5.74, 6) is 1.09. The van der Waals surface area contributed by atoms with E-state index in [4.69, 9.17) is 28.3 Å². The normalized spacial score (nSPS) is 10.5. The number of hydrogen-bond acceptors (Lipinski definition) is 4. The minimum absolute atomic E-state index is 0.544. The van der Waals surface area contributed by atoms with Crippen molar-refractivity contribution in [2.45, 2.75) is 0 Å². The van der Waals surface area contributed by atoms with Crippen LogP contribution in [-0.2, 0) is 9.13 Å². The second-order valence-corrected chi connectivity index (χ2v) is 5.53. The fraction of sp³-hybridized carbons (Fsp3) is 0. The zero-order valence-electron chi connectivity index (χ0n) is 10.7. The first-order chi connectivity index (χ1) is 9.84. The molecule has 2 aromatic rings. The van der Waals surface area contributed by atoms with Crippen LogP contribution in [0.5, 0.6) is 11.5 Å². The molecule has 0 fully saturated rings. The van der Waals surface area contributed by atoms with Crippen molar-refractivity contribution in [3.63, 3.8) is 0 Å². The number of rotatable bonds is 4. The summed E-state index contributed by atoms with van der Waals surface area (Å²) in [5, 5.41) is 0. The van der Waals surface area contributed by atoms with Crippen LogP contribution in [0.15, 0.2) is 60.7 Å². The average molecular weight is 332 g/mol. The molecule has 0 spiro atoms. The van der Waals surface area contributed by atoms with E-state index in [1.807, 2.05) is 36.4 Å². The minimum atomic E-state index is -4.64. The van der Waals surface area contributed by atoms with Gasteiger partial charge in [0.25, 0.3) is 0 Å². The van der Waals surface area contributed by atoms with Gasteiger partial charge in [-0.25, -0.2) is 9.13 Å². The molecule has 114 valence electrons. The fourth-order valence-corrected chi connectivity index (χ4v) is 1.89. The number of hydrogen-bond donors (Lipinski definition) is 3. The Labute approximate surface area is 122 Å². The molecular formula is C12H14O7P2. The lowest BCUT2D eigenvalue weighted by Gasteiger charge is -2.07. The highest BCUT2D eigenvalue weighted by Gasteiger charge is 2.02. The lowest BCUT2D eigenvalue weighted by Crippen LogP contribution is -1.87. The van der Waals surface area contributed by atoms with Crippen molar-refractivity contribution in [3.8, 4) is 11.5 Å². The van der Waals surface area contributed by atoms with Gasteiger partial charge in [0.1, 0.15) is 11.5 Å². The second-order valence-electron chi connectivity index (χ2n) is 3.59. The van der Waals surface area contributed by atoms with Crippen molar-refractivity contribution in [1.82, 2.24) is 0 Å². The maximum atomic E-state index is 11.5. The van der Waals surface area contributed by atoms with E-state index in [1.54, 1.807) is 24.3 Å².